The molecule has 0 heterocycles. The summed E-state index contributed by atoms with van der Waals surface area (Å²) in [5, 5.41) is 6.60. The van der Waals surface area contributed by atoms with E-state index in [4.69, 9.17) is 16.3 Å². The summed E-state index contributed by atoms with van der Waals surface area (Å²) in [6.07, 6.45) is 1.07. The molecule has 0 aliphatic heterocycles. The highest BCUT2D eigenvalue weighted by Crippen LogP contribution is 2.21. The van der Waals surface area contributed by atoms with E-state index in [-0.39, 0.29) is 18.6 Å². The molecule has 2 aromatic rings. The predicted molar refractivity (Wildman–Crippen MR) is 100 cm³/mol. The van der Waals surface area contributed by atoms with E-state index in [9.17, 15) is 4.79 Å². The molecule has 4 nitrogen and oxygen atoms in total. The molecule has 0 fully saturated rings. The van der Waals surface area contributed by atoms with Gasteiger partial charge in [-0.05, 0) is 50.1 Å². The minimum atomic E-state index is -0.130. The Kier molecular flexibility index (Phi) is 6.50. The molecule has 0 aliphatic carbocycles. The van der Waals surface area contributed by atoms with E-state index in [1.165, 1.54) is 0 Å². The number of amides is 1. The van der Waals surface area contributed by atoms with Crippen LogP contribution in [0, 0.1) is 6.92 Å². The van der Waals surface area contributed by atoms with E-state index in [0.29, 0.717) is 10.7 Å². The number of hydrogen-bond donors (Lipinski definition) is 2. The highest BCUT2D eigenvalue weighted by atomic mass is 35.5. The molecule has 1 atom stereocenters. The minimum Gasteiger partial charge on any atom is -0.491 e. The number of aryl methyl sites for hydroxylation is 1. The average molecular weight is 347 g/mol. The van der Waals surface area contributed by atoms with Gasteiger partial charge in [0.2, 0.25) is 5.91 Å². The first-order valence-electron chi connectivity index (χ1n) is 8.04. The summed E-state index contributed by atoms with van der Waals surface area (Å²) >= 11 is 5.98. The van der Waals surface area contributed by atoms with Gasteiger partial charge < -0.3 is 15.4 Å². The standard InChI is InChI=1S/C19H23ClN2O2/c1-4-14(3)24-17-7-5-6-16(11-17)22-19(23)12-21-18-10-15(20)9-8-13(18)2/h5-11,14,21H,4,12H2,1-3H3,(H,22,23). The number of benzene rings is 2. The van der Waals surface area contributed by atoms with Crippen LogP contribution in [-0.4, -0.2) is 18.6 Å². The highest BCUT2D eigenvalue weighted by Gasteiger charge is 2.06. The first-order valence-corrected chi connectivity index (χ1v) is 8.42. The van der Waals surface area contributed by atoms with Crippen LogP contribution in [0.5, 0.6) is 5.75 Å². The van der Waals surface area contributed by atoms with Crippen molar-refractivity contribution in [2.45, 2.75) is 33.3 Å². The summed E-state index contributed by atoms with van der Waals surface area (Å²) in [5.41, 5.74) is 2.60. The SMILES string of the molecule is CCC(C)Oc1cccc(NC(=O)CNc2cc(Cl)ccc2C)c1. The molecule has 0 aromatic heterocycles. The van der Waals surface area contributed by atoms with Gasteiger partial charge in [-0.3, -0.25) is 4.79 Å². The third-order valence-corrected chi connectivity index (χ3v) is 3.90. The largest absolute Gasteiger partial charge is 0.491 e. The number of ether oxygens (including phenoxy) is 1. The number of hydrogen-bond acceptors (Lipinski definition) is 3. The molecular formula is C19H23ClN2O2. The Hall–Kier alpha value is -2.20. The first kappa shape index (κ1) is 18.1. The Morgan fingerprint density at radius 2 is 2.04 bits per heavy atom. The van der Waals surface area contributed by atoms with Crippen LogP contribution >= 0.6 is 11.6 Å². The van der Waals surface area contributed by atoms with Crippen molar-refractivity contribution in [2.24, 2.45) is 0 Å². The van der Waals surface area contributed by atoms with Crippen LogP contribution in [-0.2, 0) is 4.79 Å². The lowest BCUT2D eigenvalue weighted by Crippen LogP contribution is -2.22. The molecule has 1 amide bonds. The van der Waals surface area contributed by atoms with E-state index < -0.39 is 0 Å². The zero-order valence-electron chi connectivity index (χ0n) is 14.2. The van der Waals surface area contributed by atoms with E-state index in [1.54, 1.807) is 0 Å². The van der Waals surface area contributed by atoms with E-state index in [0.717, 1.165) is 23.4 Å². The fourth-order valence-corrected chi connectivity index (χ4v) is 2.30. The van der Waals surface area contributed by atoms with Crippen LogP contribution in [0.3, 0.4) is 0 Å². The molecule has 2 rings (SSSR count). The maximum Gasteiger partial charge on any atom is 0.243 e. The third kappa shape index (κ3) is 5.46. The Balaban J connectivity index is 1.92. The lowest BCUT2D eigenvalue weighted by molar-refractivity contribution is -0.114. The number of anilines is 2. The predicted octanol–water partition coefficient (Wildman–Crippen LogP) is 4.88. The number of halogens is 1. The van der Waals surface area contributed by atoms with Gasteiger partial charge in [-0.25, -0.2) is 0 Å². The van der Waals surface area contributed by atoms with E-state index >= 15 is 0 Å². The molecule has 0 radical (unpaired) electrons. The molecule has 0 bridgehead atoms. The van der Waals surface area contributed by atoms with Crippen molar-refractivity contribution in [2.75, 3.05) is 17.2 Å². The molecular weight excluding hydrogens is 324 g/mol. The number of carbonyl (C=O) groups excluding carboxylic acids is 1. The first-order chi connectivity index (χ1) is 11.5. The summed E-state index contributed by atoms with van der Waals surface area (Å²) in [6, 6.07) is 13.0. The summed E-state index contributed by atoms with van der Waals surface area (Å²) in [5.74, 6) is 0.621. The smallest absolute Gasteiger partial charge is 0.243 e. The van der Waals surface area contributed by atoms with Crippen molar-refractivity contribution < 1.29 is 9.53 Å². The van der Waals surface area contributed by atoms with Crippen molar-refractivity contribution in [3.8, 4) is 5.75 Å². The molecule has 0 saturated carbocycles. The molecule has 2 N–H and O–H groups in total. The Labute approximate surface area is 148 Å². The lowest BCUT2D eigenvalue weighted by atomic mass is 10.2. The van der Waals surface area contributed by atoms with Crippen molar-refractivity contribution in [1.29, 1.82) is 0 Å². The topological polar surface area (TPSA) is 50.4 Å². The van der Waals surface area contributed by atoms with Gasteiger partial charge in [-0.1, -0.05) is 30.7 Å². The van der Waals surface area contributed by atoms with Crippen molar-refractivity contribution in [1.82, 2.24) is 0 Å². The van der Waals surface area contributed by atoms with E-state index in [2.05, 4.69) is 17.6 Å². The molecule has 0 spiro atoms. The number of rotatable bonds is 7. The van der Waals surface area contributed by atoms with Gasteiger partial charge in [0.25, 0.3) is 0 Å². The number of carbonyl (C=O) groups is 1. The maximum atomic E-state index is 12.1. The fourth-order valence-electron chi connectivity index (χ4n) is 2.13. The quantitative estimate of drug-likeness (QED) is 0.751. The molecule has 24 heavy (non-hydrogen) atoms. The van der Waals surface area contributed by atoms with Crippen molar-refractivity contribution in [3.05, 3.63) is 53.1 Å². The maximum absolute atomic E-state index is 12.1. The second-order valence-electron chi connectivity index (χ2n) is 5.73. The van der Waals surface area contributed by atoms with Gasteiger partial charge in [0.15, 0.2) is 0 Å². The Morgan fingerprint density at radius 1 is 1.25 bits per heavy atom. The molecule has 1 unspecified atom stereocenters. The number of nitrogens with one attached hydrogen (secondary N) is 2. The lowest BCUT2D eigenvalue weighted by Gasteiger charge is -2.14. The van der Waals surface area contributed by atoms with Gasteiger partial charge in [-0.15, -0.1) is 0 Å². The zero-order chi connectivity index (χ0) is 17.5. The second kappa shape index (κ2) is 8.60. The Morgan fingerprint density at radius 3 is 2.79 bits per heavy atom. The molecule has 5 heteroatoms. The normalized spacial score (nSPS) is 11.7. The summed E-state index contributed by atoms with van der Waals surface area (Å²) in [6.45, 7) is 6.21. The van der Waals surface area contributed by atoms with Gasteiger partial charge in [0.05, 0.1) is 12.6 Å². The van der Waals surface area contributed by atoms with Crippen LogP contribution in [0.2, 0.25) is 5.02 Å². The fraction of sp³-hybridized carbons (Fsp3) is 0.316. The van der Waals surface area contributed by atoms with Gasteiger partial charge in [0, 0.05) is 22.5 Å². The molecule has 2 aromatic carbocycles. The van der Waals surface area contributed by atoms with Crippen LogP contribution in [0.15, 0.2) is 42.5 Å². The molecule has 0 aliphatic rings. The summed E-state index contributed by atoms with van der Waals surface area (Å²) in [4.78, 5) is 12.1. The van der Waals surface area contributed by atoms with Crippen molar-refractivity contribution >= 4 is 28.9 Å². The van der Waals surface area contributed by atoms with Crippen LogP contribution in [0.25, 0.3) is 0 Å². The molecule has 0 saturated heterocycles. The minimum absolute atomic E-state index is 0.130. The summed E-state index contributed by atoms with van der Waals surface area (Å²) in [7, 11) is 0. The monoisotopic (exact) mass is 346 g/mol. The third-order valence-electron chi connectivity index (χ3n) is 3.67. The van der Waals surface area contributed by atoms with Crippen molar-refractivity contribution in [3.63, 3.8) is 0 Å². The van der Waals surface area contributed by atoms with Gasteiger partial charge in [-0.2, -0.15) is 0 Å². The second-order valence-corrected chi connectivity index (χ2v) is 6.16. The van der Waals surface area contributed by atoms with E-state index in [1.807, 2.05) is 56.3 Å². The highest BCUT2D eigenvalue weighted by molar-refractivity contribution is 6.30. The van der Waals surface area contributed by atoms with Crippen LogP contribution in [0.4, 0.5) is 11.4 Å². The van der Waals surface area contributed by atoms with Crippen LogP contribution in [0.1, 0.15) is 25.8 Å². The molecule has 128 valence electrons. The van der Waals surface area contributed by atoms with Gasteiger partial charge >= 0.3 is 0 Å². The summed E-state index contributed by atoms with van der Waals surface area (Å²) < 4.78 is 5.76. The Bertz CT molecular complexity index is 704. The van der Waals surface area contributed by atoms with Crippen LogP contribution < -0.4 is 15.4 Å². The van der Waals surface area contributed by atoms with Gasteiger partial charge in [0.1, 0.15) is 5.75 Å². The zero-order valence-corrected chi connectivity index (χ0v) is 15.0. The average Bonchev–Trinajstić information content (AvgIpc) is 2.56.